The van der Waals surface area contributed by atoms with Crippen molar-refractivity contribution < 1.29 is 0 Å². The van der Waals surface area contributed by atoms with Gasteiger partial charge in [0.2, 0.25) is 0 Å². The molecule has 0 aromatic heterocycles. The summed E-state index contributed by atoms with van der Waals surface area (Å²) in [6.45, 7) is 18.8. The molecule has 4 aromatic carbocycles. The zero-order valence-electron chi connectivity index (χ0n) is 32.1. The topological polar surface area (TPSA) is 0 Å². The van der Waals surface area contributed by atoms with Gasteiger partial charge in [0.25, 0.3) is 0 Å². The summed E-state index contributed by atoms with van der Waals surface area (Å²) in [5.74, 6) is 2.21. The van der Waals surface area contributed by atoms with Crippen LogP contribution in [0.3, 0.4) is 0 Å². The van der Waals surface area contributed by atoms with Gasteiger partial charge in [-0.1, -0.05) is 193 Å². The van der Waals surface area contributed by atoms with E-state index in [1.165, 1.54) is 86.5 Å². The molecule has 0 atom stereocenters. The molecule has 2 saturated carbocycles. The Morgan fingerprint density at radius 2 is 0.898 bits per heavy atom. The van der Waals surface area contributed by atoms with Crippen LogP contribution in [0.5, 0.6) is 0 Å². The first-order chi connectivity index (χ1) is 23.7. The van der Waals surface area contributed by atoms with E-state index < -0.39 is 0 Å². The Morgan fingerprint density at radius 1 is 0.449 bits per heavy atom. The van der Waals surface area contributed by atoms with Crippen LogP contribution in [0.4, 0.5) is 0 Å². The van der Waals surface area contributed by atoms with Crippen molar-refractivity contribution in [1.29, 1.82) is 0 Å². The number of benzene rings is 4. The van der Waals surface area contributed by atoms with Crippen LogP contribution in [-0.2, 0) is 0 Å². The summed E-state index contributed by atoms with van der Waals surface area (Å²) >= 11 is 0. The zero-order chi connectivity index (χ0) is 34.9. The van der Waals surface area contributed by atoms with Crippen molar-refractivity contribution >= 4 is 13.2 Å². The van der Waals surface area contributed by atoms with Gasteiger partial charge in [0.05, 0.1) is 0 Å². The van der Waals surface area contributed by atoms with Crippen LogP contribution < -0.4 is 5.30 Å². The summed E-state index contributed by atoms with van der Waals surface area (Å²) in [6, 6.07) is 34.0. The third-order valence-electron chi connectivity index (χ3n) is 11.2. The molecule has 2 aliphatic carbocycles. The van der Waals surface area contributed by atoms with Crippen LogP contribution in [-0.4, -0.2) is 11.3 Å². The van der Waals surface area contributed by atoms with Crippen molar-refractivity contribution in [1.82, 2.24) is 0 Å². The lowest BCUT2D eigenvalue weighted by Crippen LogP contribution is -2.27. The maximum atomic E-state index is 2.56. The monoisotopic (exact) mass is 672 g/mol. The van der Waals surface area contributed by atoms with Crippen molar-refractivity contribution in [2.45, 2.75) is 155 Å². The number of rotatable bonds is 9. The van der Waals surface area contributed by atoms with Crippen LogP contribution in [0.25, 0.3) is 22.3 Å². The summed E-state index contributed by atoms with van der Waals surface area (Å²) in [6.07, 6.45) is 14.6. The van der Waals surface area contributed by atoms with Crippen molar-refractivity contribution in [3.63, 3.8) is 0 Å². The second kappa shape index (κ2) is 18.0. The summed E-state index contributed by atoms with van der Waals surface area (Å²) in [5.41, 5.74) is 13.8. The molecule has 49 heavy (non-hydrogen) atoms. The van der Waals surface area contributed by atoms with E-state index in [1.807, 2.05) is 0 Å². The molecule has 0 aliphatic heterocycles. The maximum Gasteiger partial charge on any atom is -0.0101 e. The first-order valence-corrected chi connectivity index (χ1v) is 21.3. The third-order valence-corrected chi connectivity index (χ3v) is 14.7. The largest absolute Gasteiger partial charge is 0.0683 e. The van der Waals surface area contributed by atoms with Crippen molar-refractivity contribution in [2.75, 3.05) is 0 Å². The maximum absolute atomic E-state index is 2.56. The molecule has 0 amide bonds. The van der Waals surface area contributed by atoms with E-state index in [9.17, 15) is 0 Å². The van der Waals surface area contributed by atoms with Gasteiger partial charge >= 0.3 is 0 Å². The molecule has 0 saturated heterocycles. The Hall–Kier alpha value is -2.69. The lowest BCUT2D eigenvalue weighted by molar-refractivity contribution is 0.487. The first kappa shape index (κ1) is 37.6. The van der Waals surface area contributed by atoms with E-state index >= 15 is 0 Å². The van der Waals surface area contributed by atoms with Gasteiger partial charge in [0.1, 0.15) is 0 Å². The Kier molecular flexibility index (Phi) is 13.8. The molecule has 0 spiro atoms. The molecule has 0 bridgehead atoms. The van der Waals surface area contributed by atoms with Gasteiger partial charge < -0.3 is 0 Å². The quantitative estimate of drug-likeness (QED) is 0.155. The SMILES string of the molecule is CC(C)c1cc(C(C)C)c(-c2ccccc2P(C2CCCCC2)C2CCCCC2)c(C(C)C)c1.CC(C)c1ccccc1-c1ccccc1. The highest BCUT2D eigenvalue weighted by atomic mass is 31.1. The van der Waals surface area contributed by atoms with Gasteiger partial charge in [-0.2, -0.15) is 0 Å². The van der Waals surface area contributed by atoms with Gasteiger partial charge in [-0.05, 0) is 110 Å². The summed E-state index contributed by atoms with van der Waals surface area (Å²) < 4.78 is 0. The lowest BCUT2D eigenvalue weighted by atomic mass is 9.82. The van der Waals surface area contributed by atoms with Crippen molar-refractivity contribution in [3.8, 4) is 22.3 Å². The van der Waals surface area contributed by atoms with Gasteiger partial charge in [-0.3, -0.25) is 0 Å². The second-order valence-corrected chi connectivity index (χ2v) is 18.9. The summed E-state index contributed by atoms with van der Waals surface area (Å²) in [7, 11) is -0.120. The molecule has 0 nitrogen and oxygen atoms in total. The molecule has 0 radical (unpaired) electrons. The molecule has 1 heteroatoms. The normalized spacial score (nSPS) is 16.1. The molecule has 262 valence electrons. The zero-order valence-corrected chi connectivity index (χ0v) is 33.0. The highest BCUT2D eigenvalue weighted by Gasteiger charge is 2.34. The molecule has 2 aliphatic rings. The van der Waals surface area contributed by atoms with Crippen LogP contribution in [0.1, 0.15) is 166 Å². The average Bonchev–Trinajstić information content (AvgIpc) is 3.13. The molecule has 6 rings (SSSR count). The minimum absolute atomic E-state index is 0.120. The molecule has 2 fully saturated rings. The second-order valence-electron chi connectivity index (χ2n) is 16.2. The predicted octanol–water partition coefficient (Wildman–Crippen LogP) is 15.0. The van der Waals surface area contributed by atoms with E-state index in [1.54, 1.807) is 27.6 Å². The van der Waals surface area contributed by atoms with Crippen LogP contribution >= 0.6 is 7.92 Å². The van der Waals surface area contributed by atoms with E-state index in [0.717, 1.165) is 11.3 Å². The Morgan fingerprint density at radius 3 is 1.39 bits per heavy atom. The number of hydrogen-bond acceptors (Lipinski definition) is 0. The van der Waals surface area contributed by atoms with E-state index in [4.69, 9.17) is 0 Å². The molecule has 4 aromatic rings. The van der Waals surface area contributed by atoms with Crippen LogP contribution in [0.2, 0.25) is 0 Å². The average molecular weight is 673 g/mol. The minimum Gasteiger partial charge on any atom is -0.0683 e. The Labute approximate surface area is 302 Å². The smallest absolute Gasteiger partial charge is 0.0101 e. The standard InChI is InChI=1S/C33H49P.C15H16/c1-23(2)26-21-30(24(3)4)33(31(22-26)25(5)6)29-19-13-14-20-32(29)34(27-15-9-7-10-16-27)28-17-11-8-12-18-28;1-12(2)14-10-6-7-11-15(14)13-8-4-3-5-9-13/h13-14,19-25,27-28H,7-12,15-18H2,1-6H3;3-12H,1-2H3. The number of hydrogen-bond donors (Lipinski definition) is 0. The van der Waals surface area contributed by atoms with E-state index in [-0.39, 0.29) is 7.92 Å². The summed E-state index contributed by atoms with van der Waals surface area (Å²) in [4.78, 5) is 0. The minimum atomic E-state index is -0.120. The molecule has 0 heterocycles. The summed E-state index contributed by atoms with van der Waals surface area (Å²) in [5, 5.41) is 1.75. The van der Waals surface area contributed by atoms with Gasteiger partial charge in [0, 0.05) is 0 Å². The molecule has 0 N–H and O–H groups in total. The fourth-order valence-corrected chi connectivity index (χ4v) is 12.4. The third kappa shape index (κ3) is 9.36. The van der Waals surface area contributed by atoms with Crippen LogP contribution in [0.15, 0.2) is 91.0 Å². The Balaban J connectivity index is 0.000000259. The highest BCUT2D eigenvalue weighted by Crippen LogP contribution is 2.57. The van der Waals surface area contributed by atoms with Crippen molar-refractivity contribution in [2.24, 2.45) is 0 Å². The highest BCUT2D eigenvalue weighted by molar-refractivity contribution is 7.67. The predicted molar refractivity (Wildman–Crippen MR) is 220 cm³/mol. The van der Waals surface area contributed by atoms with Crippen molar-refractivity contribution in [3.05, 3.63) is 113 Å². The van der Waals surface area contributed by atoms with Crippen LogP contribution in [0, 0.1) is 0 Å². The molecular formula is C48H65P. The Bertz CT molecular complexity index is 1530. The van der Waals surface area contributed by atoms with E-state index in [0.29, 0.717) is 23.7 Å². The fraction of sp³-hybridized carbons (Fsp3) is 0.500. The molecule has 0 unspecified atom stereocenters. The molecular weight excluding hydrogens is 608 g/mol. The van der Waals surface area contributed by atoms with Gasteiger partial charge in [0.15, 0.2) is 0 Å². The lowest BCUT2D eigenvalue weighted by Gasteiger charge is -2.40. The first-order valence-electron chi connectivity index (χ1n) is 19.9. The van der Waals surface area contributed by atoms with Gasteiger partial charge in [-0.25, -0.2) is 0 Å². The van der Waals surface area contributed by atoms with E-state index in [2.05, 4.69) is 146 Å². The fourth-order valence-electron chi connectivity index (χ4n) is 8.47. The van der Waals surface area contributed by atoms with Gasteiger partial charge in [-0.15, -0.1) is 0 Å².